The number of amides is 2. The van der Waals surface area contributed by atoms with Crippen LogP contribution in [0.2, 0.25) is 0 Å². The lowest BCUT2D eigenvalue weighted by Crippen LogP contribution is -2.39. The molecule has 0 heterocycles. The smallest absolute Gasteiger partial charge is 0.423 e. The van der Waals surface area contributed by atoms with Crippen molar-refractivity contribution in [2.24, 2.45) is 0 Å². The van der Waals surface area contributed by atoms with Crippen molar-refractivity contribution in [1.82, 2.24) is 10.9 Å². The average molecular weight is 130 g/mol. The van der Waals surface area contributed by atoms with E-state index in [4.69, 9.17) is 5.11 Å². The first-order valence-corrected chi connectivity index (χ1v) is 2.08. The van der Waals surface area contributed by atoms with Gasteiger partial charge in [0.2, 0.25) is 0 Å². The summed E-state index contributed by atoms with van der Waals surface area (Å²) in [5, 5.41) is 7.90. The molecule has 0 aromatic heterocycles. The normalized spacial score (nSPS) is 7.56. The van der Waals surface area contributed by atoms with Crippen molar-refractivity contribution in [2.45, 2.75) is 0 Å². The number of carbonyl (C=O) groups excluding carboxylic acids is 1. The molecule has 0 saturated carbocycles. The van der Waals surface area contributed by atoms with Crippen LogP contribution in [0.25, 0.3) is 0 Å². The molecular formula is C4H6N2O3. The Balaban J connectivity index is 3.39. The fraction of sp³-hybridized carbons (Fsp3) is 0. The Hall–Kier alpha value is -1.52. The third-order valence-corrected chi connectivity index (χ3v) is 0.478. The largest absolute Gasteiger partial charge is 0.464 e. The molecule has 9 heavy (non-hydrogen) atoms. The first kappa shape index (κ1) is 7.48. The molecule has 0 aliphatic carbocycles. The Morgan fingerprint density at radius 1 is 1.44 bits per heavy atom. The molecule has 0 bridgehead atoms. The second-order valence-corrected chi connectivity index (χ2v) is 1.12. The molecule has 0 aliphatic heterocycles. The molecule has 0 saturated heterocycles. The Morgan fingerprint density at radius 3 is 2.33 bits per heavy atom. The van der Waals surface area contributed by atoms with E-state index in [1.165, 1.54) is 0 Å². The topological polar surface area (TPSA) is 78.4 Å². The van der Waals surface area contributed by atoms with E-state index < -0.39 is 12.0 Å². The minimum Gasteiger partial charge on any atom is -0.464 e. The minimum atomic E-state index is -1.31. The molecule has 0 radical (unpaired) electrons. The Kier molecular flexibility index (Phi) is 2.89. The highest BCUT2D eigenvalue weighted by Gasteiger charge is 1.93. The van der Waals surface area contributed by atoms with Gasteiger partial charge in [-0.3, -0.25) is 10.2 Å². The summed E-state index contributed by atoms with van der Waals surface area (Å²) in [6.07, 6.45) is -0.360. The maximum atomic E-state index is 10.2. The standard InChI is InChI=1S/C4H6N2O3/c1-2-3(7)5-6-4(8)9/h2,6H,1H2,(H,5,7)(H,8,9). The van der Waals surface area contributed by atoms with Gasteiger partial charge in [0.05, 0.1) is 0 Å². The molecule has 5 nitrogen and oxygen atoms in total. The monoisotopic (exact) mass is 130 g/mol. The van der Waals surface area contributed by atoms with Crippen molar-refractivity contribution in [3.63, 3.8) is 0 Å². The van der Waals surface area contributed by atoms with E-state index in [1.54, 1.807) is 5.43 Å². The maximum absolute atomic E-state index is 10.2. The molecule has 0 atom stereocenters. The molecule has 3 N–H and O–H groups in total. The van der Waals surface area contributed by atoms with Crippen LogP contribution in [-0.2, 0) is 4.79 Å². The molecular weight excluding hydrogens is 124 g/mol. The first-order chi connectivity index (χ1) is 4.16. The van der Waals surface area contributed by atoms with Crippen LogP contribution in [-0.4, -0.2) is 17.1 Å². The molecule has 0 aliphatic rings. The van der Waals surface area contributed by atoms with Gasteiger partial charge in [0.25, 0.3) is 5.91 Å². The summed E-state index contributed by atoms with van der Waals surface area (Å²) in [5.74, 6) is -0.586. The Bertz CT molecular complexity index is 143. The SMILES string of the molecule is C=CC(=O)NNC(=O)O. The van der Waals surface area contributed by atoms with Gasteiger partial charge >= 0.3 is 6.09 Å². The van der Waals surface area contributed by atoms with Gasteiger partial charge < -0.3 is 5.11 Å². The van der Waals surface area contributed by atoms with E-state index >= 15 is 0 Å². The Labute approximate surface area is 51.3 Å². The van der Waals surface area contributed by atoms with Crippen LogP contribution in [0.5, 0.6) is 0 Å². The van der Waals surface area contributed by atoms with Crippen LogP contribution < -0.4 is 10.9 Å². The number of hydrogen-bond donors (Lipinski definition) is 3. The van der Waals surface area contributed by atoms with Crippen LogP contribution in [0.15, 0.2) is 12.7 Å². The predicted octanol–water partition coefficient (Wildman–Crippen LogP) is -0.529. The zero-order valence-corrected chi connectivity index (χ0v) is 4.55. The van der Waals surface area contributed by atoms with E-state index in [1.807, 2.05) is 5.43 Å². The van der Waals surface area contributed by atoms with Crippen molar-refractivity contribution < 1.29 is 14.7 Å². The highest BCUT2D eigenvalue weighted by Crippen LogP contribution is 1.60. The van der Waals surface area contributed by atoms with Gasteiger partial charge in [0.15, 0.2) is 0 Å². The molecule has 0 fully saturated rings. The van der Waals surface area contributed by atoms with Crippen molar-refractivity contribution in [2.75, 3.05) is 0 Å². The summed E-state index contributed by atoms with van der Waals surface area (Å²) in [6, 6.07) is 0. The van der Waals surface area contributed by atoms with E-state index in [9.17, 15) is 9.59 Å². The first-order valence-electron chi connectivity index (χ1n) is 2.08. The summed E-state index contributed by atoms with van der Waals surface area (Å²) in [4.78, 5) is 19.8. The summed E-state index contributed by atoms with van der Waals surface area (Å²) < 4.78 is 0. The van der Waals surface area contributed by atoms with Crippen molar-refractivity contribution >= 4 is 12.0 Å². The number of rotatable bonds is 1. The van der Waals surface area contributed by atoms with Gasteiger partial charge in [-0.05, 0) is 6.08 Å². The van der Waals surface area contributed by atoms with Gasteiger partial charge in [0, 0.05) is 0 Å². The molecule has 0 unspecified atom stereocenters. The zero-order chi connectivity index (χ0) is 7.28. The van der Waals surface area contributed by atoms with E-state index in [0.29, 0.717) is 0 Å². The maximum Gasteiger partial charge on any atom is 0.423 e. The quantitative estimate of drug-likeness (QED) is 0.330. The average Bonchev–Trinajstić information content (AvgIpc) is 1.83. The van der Waals surface area contributed by atoms with Gasteiger partial charge in [-0.25, -0.2) is 10.2 Å². The fourth-order valence-corrected chi connectivity index (χ4v) is 0.166. The molecule has 0 spiro atoms. The molecule has 5 heteroatoms. The lowest BCUT2D eigenvalue weighted by atomic mass is 10.6. The summed E-state index contributed by atoms with van der Waals surface area (Å²) >= 11 is 0. The third kappa shape index (κ3) is 4.33. The Morgan fingerprint density at radius 2 is 2.00 bits per heavy atom. The summed E-state index contributed by atoms with van der Waals surface area (Å²) in [5.41, 5.74) is 3.47. The molecule has 0 rings (SSSR count). The van der Waals surface area contributed by atoms with E-state index in [-0.39, 0.29) is 0 Å². The molecule has 50 valence electrons. The van der Waals surface area contributed by atoms with E-state index in [2.05, 4.69) is 6.58 Å². The molecule has 0 aromatic rings. The number of carbonyl (C=O) groups is 2. The van der Waals surface area contributed by atoms with Gasteiger partial charge in [-0.1, -0.05) is 6.58 Å². The van der Waals surface area contributed by atoms with Crippen LogP contribution in [0, 0.1) is 0 Å². The lowest BCUT2D eigenvalue weighted by Gasteiger charge is -1.97. The van der Waals surface area contributed by atoms with Crippen LogP contribution >= 0.6 is 0 Å². The summed E-state index contributed by atoms with van der Waals surface area (Å²) in [6.45, 7) is 3.09. The third-order valence-electron chi connectivity index (χ3n) is 0.478. The number of carboxylic acid groups (broad SMARTS) is 1. The number of hydrogen-bond acceptors (Lipinski definition) is 2. The molecule has 2 amide bonds. The second-order valence-electron chi connectivity index (χ2n) is 1.12. The van der Waals surface area contributed by atoms with Crippen molar-refractivity contribution in [3.05, 3.63) is 12.7 Å². The lowest BCUT2D eigenvalue weighted by molar-refractivity contribution is -0.117. The number of nitrogens with one attached hydrogen (secondary N) is 2. The van der Waals surface area contributed by atoms with E-state index in [0.717, 1.165) is 6.08 Å². The van der Waals surface area contributed by atoms with Gasteiger partial charge in [0.1, 0.15) is 0 Å². The highest BCUT2D eigenvalue weighted by molar-refractivity contribution is 5.87. The van der Waals surface area contributed by atoms with Gasteiger partial charge in [-0.2, -0.15) is 0 Å². The van der Waals surface area contributed by atoms with Crippen LogP contribution in [0.4, 0.5) is 4.79 Å². The number of hydrazine groups is 1. The summed E-state index contributed by atoms with van der Waals surface area (Å²) in [7, 11) is 0. The van der Waals surface area contributed by atoms with Gasteiger partial charge in [-0.15, -0.1) is 0 Å². The zero-order valence-electron chi connectivity index (χ0n) is 4.55. The van der Waals surface area contributed by atoms with Crippen molar-refractivity contribution in [3.8, 4) is 0 Å². The molecule has 0 aromatic carbocycles. The fourth-order valence-electron chi connectivity index (χ4n) is 0.166. The second kappa shape index (κ2) is 3.48. The van der Waals surface area contributed by atoms with Crippen LogP contribution in [0.1, 0.15) is 0 Å². The van der Waals surface area contributed by atoms with Crippen LogP contribution in [0.3, 0.4) is 0 Å². The van der Waals surface area contributed by atoms with Crippen molar-refractivity contribution in [1.29, 1.82) is 0 Å². The highest BCUT2D eigenvalue weighted by atomic mass is 16.4. The minimum absolute atomic E-state index is 0.586. The predicted molar refractivity (Wildman–Crippen MR) is 29.5 cm³/mol.